The Kier molecular flexibility index (Phi) is 3.80. The minimum atomic E-state index is -0.533. The molecule has 2 aromatic carbocycles. The number of carbonyl (C=O) groups is 3. The lowest BCUT2D eigenvalue weighted by Gasteiger charge is -2.15. The van der Waals surface area contributed by atoms with Gasteiger partial charge in [-0.05, 0) is 24.3 Å². The molecule has 6 heteroatoms. The van der Waals surface area contributed by atoms with E-state index in [1.165, 1.54) is 4.90 Å². The summed E-state index contributed by atoms with van der Waals surface area (Å²) in [6.07, 6.45) is 0. The number of rotatable bonds is 5. The summed E-state index contributed by atoms with van der Waals surface area (Å²) in [6.45, 7) is 0.537. The number of imide groups is 1. The van der Waals surface area contributed by atoms with Crippen molar-refractivity contribution in [3.63, 3.8) is 0 Å². The van der Waals surface area contributed by atoms with Crippen molar-refractivity contribution in [3.05, 3.63) is 65.2 Å². The number of hydrogen-bond donors (Lipinski definition) is 2. The first-order valence-corrected chi connectivity index (χ1v) is 7.17. The SMILES string of the molecule is NC(=O)c1ccccc1NCCN1C(=O)c2ccccc2C1=O. The monoisotopic (exact) mass is 309 g/mol. The second kappa shape index (κ2) is 5.92. The summed E-state index contributed by atoms with van der Waals surface area (Å²) in [5, 5.41) is 3.04. The van der Waals surface area contributed by atoms with Crippen molar-refractivity contribution in [1.29, 1.82) is 0 Å². The molecule has 0 aromatic heterocycles. The Bertz CT molecular complexity index is 766. The van der Waals surface area contributed by atoms with Gasteiger partial charge in [0.05, 0.1) is 16.7 Å². The van der Waals surface area contributed by atoms with Crippen LogP contribution in [0, 0.1) is 0 Å². The van der Waals surface area contributed by atoms with Crippen LogP contribution in [0.15, 0.2) is 48.5 Å². The molecule has 0 aliphatic carbocycles. The topological polar surface area (TPSA) is 92.5 Å². The van der Waals surface area contributed by atoms with Crippen LogP contribution in [0.5, 0.6) is 0 Å². The maximum atomic E-state index is 12.2. The lowest BCUT2D eigenvalue weighted by atomic mass is 10.1. The maximum Gasteiger partial charge on any atom is 0.261 e. The van der Waals surface area contributed by atoms with E-state index in [1.54, 1.807) is 48.5 Å². The lowest BCUT2D eigenvalue weighted by Crippen LogP contribution is -2.34. The quantitative estimate of drug-likeness (QED) is 0.819. The Morgan fingerprint density at radius 2 is 1.52 bits per heavy atom. The summed E-state index contributed by atoms with van der Waals surface area (Å²) in [5.41, 5.74) is 7.11. The molecule has 0 atom stereocenters. The van der Waals surface area contributed by atoms with E-state index in [2.05, 4.69) is 5.32 Å². The molecule has 1 aliphatic heterocycles. The van der Waals surface area contributed by atoms with Gasteiger partial charge in [0.25, 0.3) is 17.7 Å². The number of anilines is 1. The summed E-state index contributed by atoms with van der Waals surface area (Å²) in [4.78, 5) is 37.0. The van der Waals surface area contributed by atoms with E-state index in [4.69, 9.17) is 5.73 Å². The summed E-state index contributed by atoms with van der Waals surface area (Å²) < 4.78 is 0. The first-order chi connectivity index (χ1) is 11.1. The predicted octanol–water partition coefficient (Wildman–Crippen LogP) is 1.49. The Labute approximate surface area is 132 Å². The van der Waals surface area contributed by atoms with Gasteiger partial charge in [0.2, 0.25) is 0 Å². The van der Waals surface area contributed by atoms with Gasteiger partial charge >= 0.3 is 0 Å². The molecule has 0 spiro atoms. The molecule has 1 aliphatic rings. The van der Waals surface area contributed by atoms with Crippen molar-refractivity contribution in [2.75, 3.05) is 18.4 Å². The van der Waals surface area contributed by atoms with Crippen LogP contribution in [0.2, 0.25) is 0 Å². The minimum absolute atomic E-state index is 0.208. The third-order valence-electron chi connectivity index (χ3n) is 3.72. The molecule has 0 radical (unpaired) electrons. The summed E-state index contributed by atoms with van der Waals surface area (Å²) in [6, 6.07) is 13.6. The third-order valence-corrected chi connectivity index (χ3v) is 3.72. The van der Waals surface area contributed by atoms with E-state index in [-0.39, 0.29) is 18.4 Å². The van der Waals surface area contributed by atoms with Crippen molar-refractivity contribution in [3.8, 4) is 0 Å². The van der Waals surface area contributed by atoms with Gasteiger partial charge < -0.3 is 11.1 Å². The predicted molar refractivity (Wildman–Crippen MR) is 85.3 cm³/mol. The minimum Gasteiger partial charge on any atom is -0.383 e. The van der Waals surface area contributed by atoms with Crippen LogP contribution in [-0.2, 0) is 0 Å². The highest BCUT2D eigenvalue weighted by molar-refractivity contribution is 6.21. The molecule has 0 fully saturated rings. The molecular weight excluding hydrogens is 294 g/mol. The molecule has 1 heterocycles. The van der Waals surface area contributed by atoms with Gasteiger partial charge in [-0.15, -0.1) is 0 Å². The van der Waals surface area contributed by atoms with Gasteiger partial charge in [0.15, 0.2) is 0 Å². The number of primary amides is 1. The fourth-order valence-corrected chi connectivity index (χ4v) is 2.60. The van der Waals surface area contributed by atoms with E-state index in [0.717, 1.165) is 0 Å². The highest BCUT2D eigenvalue weighted by Gasteiger charge is 2.34. The highest BCUT2D eigenvalue weighted by Crippen LogP contribution is 2.22. The highest BCUT2D eigenvalue weighted by atomic mass is 16.2. The van der Waals surface area contributed by atoms with Crippen LogP contribution >= 0.6 is 0 Å². The molecule has 3 N–H and O–H groups in total. The normalized spacial score (nSPS) is 13.1. The summed E-state index contributed by atoms with van der Waals surface area (Å²) in [5.74, 6) is -1.12. The van der Waals surface area contributed by atoms with E-state index in [9.17, 15) is 14.4 Å². The molecule has 0 saturated heterocycles. The summed E-state index contributed by atoms with van der Waals surface area (Å²) in [7, 11) is 0. The molecule has 0 saturated carbocycles. The third kappa shape index (κ3) is 2.66. The van der Waals surface area contributed by atoms with Crippen molar-refractivity contribution < 1.29 is 14.4 Å². The Balaban J connectivity index is 1.68. The van der Waals surface area contributed by atoms with Crippen LogP contribution in [0.3, 0.4) is 0 Å². The number of nitrogens with one attached hydrogen (secondary N) is 1. The van der Waals surface area contributed by atoms with E-state index in [0.29, 0.717) is 28.9 Å². The van der Waals surface area contributed by atoms with Gasteiger partial charge in [-0.2, -0.15) is 0 Å². The molecular formula is C17H15N3O3. The van der Waals surface area contributed by atoms with Crippen LogP contribution < -0.4 is 11.1 Å². The molecule has 6 nitrogen and oxygen atoms in total. The number of nitrogens with zero attached hydrogens (tertiary/aromatic N) is 1. The van der Waals surface area contributed by atoms with Crippen molar-refractivity contribution in [2.24, 2.45) is 5.73 Å². The number of benzene rings is 2. The number of carbonyl (C=O) groups excluding carboxylic acids is 3. The Hall–Kier alpha value is -3.15. The van der Waals surface area contributed by atoms with Crippen LogP contribution in [0.1, 0.15) is 31.1 Å². The van der Waals surface area contributed by atoms with E-state index in [1.807, 2.05) is 0 Å². The second-order valence-electron chi connectivity index (χ2n) is 5.14. The summed E-state index contributed by atoms with van der Waals surface area (Å²) >= 11 is 0. The average molecular weight is 309 g/mol. The standard InChI is InChI=1S/C17H15N3O3/c18-15(21)13-7-3-4-8-14(13)19-9-10-20-16(22)11-5-1-2-6-12(11)17(20)23/h1-8,19H,9-10H2,(H2,18,21). The first kappa shape index (κ1) is 14.8. The number of fused-ring (bicyclic) bond motifs is 1. The average Bonchev–Trinajstić information content (AvgIpc) is 2.80. The van der Waals surface area contributed by atoms with Gasteiger partial charge in [0.1, 0.15) is 0 Å². The zero-order valence-electron chi connectivity index (χ0n) is 12.3. The maximum absolute atomic E-state index is 12.2. The van der Waals surface area contributed by atoms with Gasteiger partial charge in [-0.1, -0.05) is 24.3 Å². The van der Waals surface area contributed by atoms with Crippen molar-refractivity contribution >= 4 is 23.4 Å². The van der Waals surface area contributed by atoms with E-state index >= 15 is 0 Å². The molecule has 116 valence electrons. The van der Waals surface area contributed by atoms with Crippen molar-refractivity contribution in [1.82, 2.24) is 4.90 Å². The van der Waals surface area contributed by atoms with Crippen LogP contribution in [0.25, 0.3) is 0 Å². The van der Waals surface area contributed by atoms with Crippen molar-refractivity contribution in [2.45, 2.75) is 0 Å². The zero-order chi connectivity index (χ0) is 16.4. The van der Waals surface area contributed by atoms with E-state index < -0.39 is 5.91 Å². The fraction of sp³-hybridized carbons (Fsp3) is 0.118. The number of hydrogen-bond acceptors (Lipinski definition) is 4. The Morgan fingerprint density at radius 1 is 0.957 bits per heavy atom. The number of amides is 3. The number of nitrogens with two attached hydrogens (primary N) is 1. The van der Waals surface area contributed by atoms with Gasteiger partial charge in [0, 0.05) is 18.8 Å². The number of para-hydroxylation sites is 1. The molecule has 23 heavy (non-hydrogen) atoms. The van der Waals surface area contributed by atoms with Gasteiger partial charge in [-0.25, -0.2) is 0 Å². The van der Waals surface area contributed by atoms with Crippen LogP contribution in [0.4, 0.5) is 5.69 Å². The molecule has 0 bridgehead atoms. The first-order valence-electron chi connectivity index (χ1n) is 7.17. The zero-order valence-corrected chi connectivity index (χ0v) is 12.3. The molecule has 0 unspecified atom stereocenters. The molecule has 3 amide bonds. The molecule has 2 aromatic rings. The van der Waals surface area contributed by atoms with Crippen LogP contribution in [-0.4, -0.2) is 35.7 Å². The fourth-order valence-electron chi connectivity index (χ4n) is 2.60. The van der Waals surface area contributed by atoms with Gasteiger partial charge in [-0.3, -0.25) is 19.3 Å². The largest absolute Gasteiger partial charge is 0.383 e. The lowest BCUT2D eigenvalue weighted by molar-refractivity contribution is 0.0660. The smallest absolute Gasteiger partial charge is 0.261 e. The Morgan fingerprint density at radius 3 is 2.13 bits per heavy atom. The molecule has 3 rings (SSSR count). The second-order valence-corrected chi connectivity index (χ2v) is 5.14.